The molecule has 0 unspecified atom stereocenters. The van der Waals surface area contributed by atoms with E-state index >= 15 is 0 Å². The summed E-state index contributed by atoms with van der Waals surface area (Å²) in [7, 11) is 0. The minimum Gasteiger partial charge on any atom is -0.318 e. The molecular weight excluding hydrogens is 198 g/mol. The summed E-state index contributed by atoms with van der Waals surface area (Å²) in [5.74, 6) is -0.810. The van der Waals surface area contributed by atoms with Gasteiger partial charge in [-0.1, -0.05) is 5.16 Å². The molecule has 0 aliphatic carbocycles. The van der Waals surface area contributed by atoms with Crippen molar-refractivity contribution in [2.45, 2.75) is 20.0 Å². The molecule has 0 radical (unpaired) electrons. The van der Waals surface area contributed by atoms with Crippen molar-refractivity contribution < 1.29 is 19.5 Å². The van der Waals surface area contributed by atoms with Crippen molar-refractivity contribution in [3.63, 3.8) is 0 Å². The van der Waals surface area contributed by atoms with Crippen molar-refractivity contribution in [2.24, 2.45) is 5.16 Å². The summed E-state index contributed by atoms with van der Waals surface area (Å²) in [6.07, 6.45) is -2.19. The maximum atomic E-state index is 10.2. The second kappa shape index (κ2) is 4.84. The van der Waals surface area contributed by atoms with Gasteiger partial charge in [-0.2, -0.15) is 0 Å². The first kappa shape index (κ1) is 11.9. The zero-order valence-corrected chi connectivity index (χ0v) is 7.37. The van der Waals surface area contributed by atoms with E-state index in [0.717, 1.165) is 13.8 Å². The number of carbonyl (C=O) groups excluding carboxylic acids is 1. The van der Waals surface area contributed by atoms with E-state index in [4.69, 9.17) is 0 Å². The molecule has 0 amide bonds. The van der Waals surface area contributed by atoms with E-state index < -0.39 is 27.7 Å². The number of carbonyl (C=O) groups is 1. The Labute approximate surface area is 77.6 Å². The molecule has 78 valence electrons. The summed E-state index contributed by atoms with van der Waals surface area (Å²) in [6, 6.07) is 0. The van der Waals surface area contributed by atoms with Crippen molar-refractivity contribution >= 4 is 11.7 Å². The number of hydrogen-bond acceptors (Lipinski definition) is 7. The number of hydrogen-bond donors (Lipinski definition) is 0. The van der Waals surface area contributed by atoms with E-state index in [-0.39, 0.29) is 0 Å². The van der Waals surface area contributed by atoms with Crippen LogP contribution in [0.2, 0.25) is 0 Å². The first-order valence-corrected chi connectivity index (χ1v) is 3.35. The van der Waals surface area contributed by atoms with Crippen LogP contribution in [0.3, 0.4) is 0 Å². The third-order valence-corrected chi connectivity index (χ3v) is 1.09. The van der Waals surface area contributed by atoms with Crippen LogP contribution < -0.4 is 0 Å². The van der Waals surface area contributed by atoms with Gasteiger partial charge in [0.2, 0.25) is 5.71 Å². The average molecular weight is 205 g/mol. The highest BCUT2D eigenvalue weighted by molar-refractivity contribution is 5.84. The highest BCUT2D eigenvalue weighted by Gasteiger charge is 2.36. The van der Waals surface area contributed by atoms with Crippen LogP contribution >= 0.6 is 0 Å². The van der Waals surface area contributed by atoms with Crippen molar-refractivity contribution in [3.05, 3.63) is 20.2 Å². The summed E-state index contributed by atoms with van der Waals surface area (Å²) in [5, 5.41) is 23.3. The van der Waals surface area contributed by atoms with Gasteiger partial charge in [-0.3, -0.25) is 20.2 Å². The molecule has 9 nitrogen and oxygen atoms in total. The SMILES string of the molecule is CC(=O)O/N=C(\C)C([N+](=O)[O-])[N+](=O)[O-]. The Morgan fingerprint density at radius 1 is 1.29 bits per heavy atom. The lowest BCUT2D eigenvalue weighted by atomic mass is 10.3. The van der Waals surface area contributed by atoms with Gasteiger partial charge in [0.15, 0.2) is 0 Å². The van der Waals surface area contributed by atoms with Crippen LogP contribution in [0.4, 0.5) is 0 Å². The number of nitrogens with zero attached hydrogens (tertiary/aromatic N) is 3. The molecule has 0 saturated carbocycles. The minimum atomic E-state index is -2.19. The second-order valence-electron chi connectivity index (χ2n) is 2.26. The van der Waals surface area contributed by atoms with Gasteiger partial charge >= 0.3 is 12.1 Å². The maximum absolute atomic E-state index is 10.2. The van der Waals surface area contributed by atoms with E-state index in [9.17, 15) is 25.0 Å². The molecule has 0 aliphatic heterocycles. The predicted molar refractivity (Wildman–Crippen MR) is 42.7 cm³/mol. The molecule has 0 heterocycles. The summed E-state index contributed by atoms with van der Waals surface area (Å²) in [6.45, 7) is 2.04. The topological polar surface area (TPSA) is 125 Å². The Kier molecular flexibility index (Phi) is 4.13. The van der Waals surface area contributed by atoms with Crippen molar-refractivity contribution in [1.29, 1.82) is 0 Å². The third-order valence-electron chi connectivity index (χ3n) is 1.09. The quantitative estimate of drug-likeness (QED) is 0.206. The minimum absolute atomic E-state index is 0.504. The van der Waals surface area contributed by atoms with Gasteiger partial charge in [-0.05, 0) is 6.92 Å². The van der Waals surface area contributed by atoms with Gasteiger partial charge < -0.3 is 4.84 Å². The van der Waals surface area contributed by atoms with Crippen LogP contribution in [-0.2, 0) is 9.63 Å². The number of nitro groups is 2. The van der Waals surface area contributed by atoms with Gasteiger partial charge in [0.1, 0.15) is 9.85 Å². The molecule has 0 aliphatic rings. The van der Waals surface area contributed by atoms with Gasteiger partial charge in [0.05, 0.1) is 0 Å². The van der Waals surface area contributed by atoms with E-state index in [0.29, 0.717) is 0 Å². The summed E-state index contributed by atoms with van der Waals surface area (Å²) in [5.41, 5.74) is -0.504. The summed E-state index contributed by atoms with van der Waals surface area (Å²) in [4.78, 5) is 32.3. The first-order chi connectivity index (χ1) is 6.36. The molecule has 0 atom stereocenters. The van der Waals surface area contributed by atoms with Gasteiger partial charge in [0.25, 0.3) is 0 Å². The van der Waals surface area contributed by atoms with Gasteiger partial charge in [-0.15, -0.1) is 0 Å². The smallest absolute Gasteiger partial charge is 0.318 e. The van der Waals surface area contributed by atoms with Crippen LogP contribution in [0.25, 0.3) is 0 Å². The second-order valence-corrected chi connectivity index (χ2v) is 2.26. The highest BCUT2D eigenvalue weighted by Crippen LogP contribution is 1.96. The van der Waals surface area contributed by atoms with Crippen LogP contribution in [0.5, 0.6) is 0 Å². The zero-order valence-electron chi connectivity index (χ0n) is 7.37. The largest absolute Gasteiger partial charge is 0.492 e. The van der Waals surface area contributed by atoms with Crippen LogP contribution in [0.1, 0.15) is 13.8 Å². The molecule has 0 aromatic rings. The van der Waals surface area contributed by atoms with E-state index in [1.807, 2.05) is 0 Å². The van der Waals surface area contributed by atoms with Crippen molar-refractivity contribution in [2.75, 3.05) is 0 Å². The van der Waals surface area contributed by atoms with Crippen LogP contribution in [0.15, 0.2) is 5.16 Å². The maximum Gasteiger partial charge on any atom is 0.492 e. The highest BCUT2D eigenvalue weighted by atomic mass is 16.7. The molecule has 0 rings (SSSR count). The van der Waals surface area contributed by atoms with E-state index in [1.165, 1.54) is 0 Å². The van der Waals surface area contributed by atoms with E-state index in [2.05, 4.69) is 9.99 Å². The molecule has 0 spiro atoms. The lowest BCUT2D eigenvalue weighted by Gasteiger charge is -1.99. The fraction of sp³-hybridized carbons (Fsp3) is 0.600. The molecule has 0 bridgehead atoms. The Balaban J connectivity index is 4.68. The van der Waals surface area contributed by atoms with Crippen molar-refractivity contribution in [1.82, 2.24) is 0 Å². The molecular formula is C5H7N3O6. The molecule has 14 heavy (non-hydrogen) atoms. The Bertz CT molecular complexity index is 284. The molecule has 0 aromatic carbocycles. The summed E-state index contributed by atoms with van der Waals surface area (Å²) >= 11 is 0. The Morgan fingerprint density at radius 3 is 2.00 bits per heavy atom. The number of oxime groups is 1. The fourth-order valence-corrected chi connectivity index (χ4v) is 0.565. The Morgan fingerprint density at radius 2 is 1.71 bits per heavy atom. The molecule has 0 aromatic heterocycles. The van der Waals surface area contributed by atoms with Gasteiger partial charge in [-0.25, -0.2) is 4.79 Å². The summed E-state index contributed by atoms with van der Waals surface area (Å²) < 4.78 is 0. The monoisotopic (exact) mass is 205 g/mol. The molecule has 0 fully saturated rings. The average Bonchev–Trinajstić information content (AvgIpc) is 1.99. The van der Waals surface area contributed by atoms with Crippen LogP contribution in [-0.4, -0.2) is 27.7 Å². The normalized spacial score (nSPS) is 11.2. The lowest BCUT2D eigenvalue weighted by molar-refractivity contribution is -0.719. The number of rotatable bonds is 4. The van der Waals surface area contributed by atoms with Crippen molar-refractivity contribution in [3.8, 4) is 0 Å². The fourth-order valence-electron chi connectivity index (χ4n) is 0.565. The molecule has 9 heteroatoms. The van der Waals surface area contributed by atoms with E-state index in [1.54, 1.807) is 0 Å². The Hall–Kier alpha value is -2.06. The molecule has 0 N–H and O–H groups in total. The van der Waals surface area contributed by atoms with Gasteiger partial charge in [0, 0.05) is 6.92 Å². The zero-order chi connectivity index (χ0) is 11.3. The first-order valence-electron chi connectivity index (χ1n) is 3.35. The molecule has 0 saturated heterocycles. The standard InChI is InChI=1S/C5H7N3O6/c1-3(6-14-4(2)9)5(7(10)11)8(12)13/h5H,1-2H3/b6-3+. The predicted octanol–water partition coefficient (Wildman–Crippen LogP) is -0.195. The van der Waals surface area contributed by atoms with Crippen LogP contribution in [0, 0.1) is 20.2 Å². The third kappa shape index (κ3) is 3.56. The lowest BCUT2D eigenvalue weighted by Crippen LogP contribution is -2.35.